The molecule has 172 valence electrons. The number of pyridine rings is 1. The number of methoxy groups -OCH3 is 3. The van der Waals surface area contributed by atoms with E-state index in [2.05, 4.69) is 19.9 Å². The van der Waals surface area contributed by atoms with Crippen molar-refractivity contribution < 1.29 is 19.0 Å². The average Bonchev–Trinajstić information content (AvgIpc) is 3.27. The lowest BCUT2D eigenvalue weighted by Gasteiger charge is -2.14. The number of imidazole rings is 1. The number of aryl methyl sites for hydroxylation is 1. The van der Waals surface area contributed by atoms with Gasteiger partial charge in [-0.05, 0) is 31.0 Å². The summed E-state index contributed by atoms with van der Waals surface area (Å²) in [6.07, 6.45) is 3.45. The molecule has 0 aliphatic rings. The third kappa shape index (κ3) is 4.34. The SMILES string of the molecule is COc1cc(C(=O)NCCCCn2cnc3c(N)nc4ccccc4c32)cc(OC)c1OC. The van der Waals surface area contributed by atoms with Crippen molar-refractivity contribution in [3.8, 4) is 17.2 Å². The smallest absolute Gasteiger partial charge is 0.251 e. The highest BCUT2D eigenvalue weighted by atomic mass is 16.5. The van der Waals surface area contributed by atoms with Gasteiger partial charge in [-0.3, -0.25) is 4.79 Å². The summed E-state index contributed by atoms with van der Waals surface area (Å²) >= 11 is 0. The average molecular weight is 450 g/mol. The fourth-order valence-corrected chi connectivity index (χ4v) is 3.90. The highest BCUT2D eigenvalue weighted by Crippen LogP contribution is 2.38. The van der Waals surface area contributed by atoms with Crippen LogP contribution in [0.3, 0.4) is 0 Å². The summed E-state index contributed by atoms with van der Waals surface area (Å²) in [4.78, 5) is 21.5. The van der Waals surface area contributed by atoms with Crippen molar-refractivity contribution in [1.29, 1.82) is 0 Å². The monoisotopic (exact) mass is 449 g/mol. The number of aromatic nitrogens is 3. The second-order valence-corrected chi connectivity index (χ2v) is 7.53. The lowest BCUT2D eigenvalue weighted by Crippen LogP contribution is -2.24. The second kappa shape index (κ2) is 9.64. The number of hydrogen-bond donors (Lipinski definition) is 2. The molecular weight excluding hydrogens is 422 g/mol. The van der Waals surface area contributed by atoms with Crippen LogP contribution in [0.25, 0.3) is 21.9 Å². The molecule has 0 radical (unpaired) electrons. The van der Waals surface area contributed by atoms with Crippen LogP contribution in [0.15, 0.2) is 42.7 Å². The largest absolute Gasteiger partial charge is 0.493 e. The van der Waals surface area contributed by atoms with Crippen molar-refractivity contribution in [2.75, 3.05) is 33.6 Å². The maximum absolute atomic E-state index is 12.6. The number of rotatable bonds is 9. The Labute approximate surface area is 191 Å². The quantitative estimate of drug-likeness (QED) is 0.377. The highest BCUT2D eigenvalue weighted by molar-refractivity contribution is 6.06. The van der Waals surface area contributed by atoms with E-state index in [1.807, 2.05) is 24.3 Å². The van der Waals surface area contributed by atoms with Gasteiger partial charge in [0, 0.05) is 24.0 Å². The molecule has 4 rings (SSSR count). The van der Waals surface area contributed by atoms with Crippen molar-refractivity contribution in [3.63, 3.8) is 0 Å². The van der Waals surface area contributed by atoms with Gasteiger partial charge in [0.1, 0.15) is 5.52 Å². The minimum absolute atomic E-state index is 0.202. The van der Waals surface area contributed by atoms with Crippen molar-refractivity contribution in [3.05, 3.63) is 48.3 Å². The Hall–Kier alpha value is -4.01. The number of anilines is 1. The third-order valence-electron chi connectivity index (χ3n) is 5.52. The second-order valence-electron chi connectivity index (χ2n) is 7.53. The molecule has 0 spiro atoms. The van der Waals surface area contributed by atoms with E-state index in [4.69, 9.17) is 19.9 Å². The Morgan fingerprint density at radius 2 is 1.79 bits per heavy atom. The van der Waals surface area contributed by atoms with Crippen molar-refractivity contribution in [1.82, 2.24) is 19.9 Å². The molecular formula is C24H27N5O4. The molecule has 0 unspecified atom stereocenters. The van der Waals surface area contributed by atoms with E-state index < -0.39 is 0 Å². The molecule has 0 fully saturated rings. The number of fused-ring (bicyclic) bond motifs is 3. The number of carbonyl (C=O) groups excluding carboxylic acids is 1. The van der Waals surface area contributed by atoms with Gasteiger partial charge in [0.05, 0.1) is 38.7 Å². The number of para-hydroxylation sites is 1. The first kappa shape index (κ1) is 22.2. The van der Waals surface area contributed by atoms with Crippen LogP contribution in [-0.4, -0.2) is 48.3 Å². The van der Waals surface area contributed by atoms with Crippen LogP contribution in [0.2, 0.25) is 0 Å². The summed E-state index contributed by atoms with van der Waals surface area (Å²) in [6.45, 7) is 1.29. The summed E-state index contributed by atoms with van der Waals surface area (Å²) in [5.74, 6) is 1.56. The number of benzene rings is 2. The van der Waals surface area contributed by atoms with Gasteiger partial charge in [-0.2, -0.15) is 0 Å². The maximum atomic E-state index is 12.6. The molecule has 1 amide bonds. The minimum Gasteiger partial charge on any atom is -0.493 e. The topological polar surface area (TPSA) is 114 Å². The molecule has 4 aromatic rings. The van der Waals surface area contributed by atoms with E-state index >= 15 is 0 Å². The fourth-order valence-electron chi connectivity index (χ4n) is 3.90. The molecule has 0 aliphatic carbocycles. The molecule has 0 atom stereocenters. The van der Waals surface area contributed by atoms with Crippen LogP contribution < -0.4 is 25.3 Å². The van der Waals surface area contributed by atoms with Gasteiger partial charge >= 0.3 is 0 Å². The maximum Gasteiger partial charge on any atom is 0.251 e. The number of nitrogen functional groups attached to an aromatic ring is 1. The number of carbonyl (C=O) groups is 1. The number of nitrogens with one attached hydrogen (secondary N) is 1. The Bertz CT molecular complexity index is 1280. The van der Waals surface area contributed by atoms with Gasteiger partial charge < -0.3 is 29.8 Å². The first-order valence-corrected chi connectivity index (χ1v) is 10.6. The van der Waals surface area contributed by atoms with Crippen LogP contribution in [0, 0.1) is 0 Å². The van der Waals surface area contributed by atoms with Crippen LogP contribution in [0.4, 0.5) is 5.82 Å². The highest BCUT2D eigenvalue weighted by Gasteiger charge is 2.17. The van der Waals surface area contributed by atoms with Crippen LogP contribution in [0.1, 0.15) is 23.2 Å². The summed E-state index contributed by atoms with van der Waals surface area (Å²) in [6, 6.07) is 11.2. The molecule has 33 heavy (non-hydrogen) atoms. The number of unbranched alkanes of at least 4 members (excludes halogenated alkanes) is 1. The number of hydrogen-bond acceptors (Lipinski definition) is 7. The first-order valence-electron chi connectivity index (χ1n) is 10.6. The normalized spacial score (nSPS) is 11.0. The molecule has 0 aliphatic heterocycles. The van der Waals surface area contributed by atoms with E-state index in [1.54, 1.807) is 18.5 Å². The minimum atomic E-state index is -0.202. The Morgan fingerprint density at radius 1 is 1.06 bits per heavy atom. The lowest BCUT2D eigenvalue weighted by atomic mass is 10.1. The molecule has 3 N–H and O–H groups in total. The van der Waals surface area contributed by atoms with Crippen molar-refractivity contribution in [2.45, 2.75) is 19.4 Å². The van der Waals surface area contributed by atoms with Gasteiger partial charge in [-0.15, -0.1) is 0 Å². The molecule has 2 aromatic carbocycles. The number of amides is 1. The van der Waals surface area contributed by atoms with Crippen molar-refractivity contribution >= 4 is 33.7 Å². The lowest BCUT2D eigenvalue weighted by molar-refractivity contribution is 0.0952. The van der Waals surface area contributed by atoms with Gasteiger partial charge in [-0.1, -0.05) is 18.2 Å². The molecule has 2 heterocycles. The fraction of sp³-hybridized carbons (Fsp3) is 0.292. The molecule has 0 saturated carbocycles. The van der Waals surface area contributed by atoms with E-state index in [0.717, 1.165) is 35.8 Å². The predicted octanol–water partition coefficient (Wildman–Crippen LogP) is 3.40. The number of ether oxygens (including phenoxy) is 3. The molecule has 2 aromatic heterocycles. The molecule has 0 saturated heterocycles. The first-order chi connectivity index (χ1) is 16.1. The van der Waals surface area contributed by atoms with Gasteiger partial charge in [0.25, 0.3) is 5.91 Å². The number of nitrogens with zero attached hydrogens (tertiary/aromatic N) is 3. The zero-order valence-electron chi connectivity index (χ0n) is 18.9. The van der Waals surface area contributed by atoms with Crippen LogP contribution in [-0.2, 0) is 6.54 Å². The Morgan fingerprint density at radius 3 is 2.48 bits per heavy atom. The van der Waals surface area contributed by atoms with E-state index in [1.165, 1.54) is 21.3 Å². The predicted molar refractivity (Wildman–Crippen MR) is 127 cm³/mol. The summed E-state index contributed by atoms with van der Waals surface area (Å²) in [7, 11) is 4.56. The number of nitrogens with two attached hydrogens (primary N) is 1. The van der Waals surface area contributed by atoms with Crippen LogP contribution in [0.5, 0.6) is 17.2 Å². The Balaban J connectivity index is 1.39. The molecule has 9 heteroatoms. The van der Waals surface area contributed by atoms with Gasteiger partial charge in [-0.25, -0.2) is 9.97 Å². The van der Waals surface area contributed by atoms with Gasteiger partial charge in [0.15, 0.2) is 17.3 Å². The van der Waals surface area contributed by atoms with E-state index in [0.29, 0.717) is 40.7 Å². The van der Waals surface area contributed by atoms with E-state index in [9.17, 15) is 4.79 Å². The van der Waals surface area contributed by atoms with Crippen molar-refractivity contribution in [2.24, 2.45) is 0 Å². The molecule has 9 nitrogen and oxygen atoms in total. The molecule has 0 bridgehead atoms. The summed E-state index contributed by atoms with van der Waals surface area (Å²) in [5, 5.41) is 3.97. The van der Waals surface area contributed by atoms with Crippen LogP contribution >= 0.6 is 0 Å². The zero-order valence-corrected chi connectivity index (χ0v) is 18.9. The Kier molecular flexibility index (Phi) is 6.48. The van der Waals surface area contributed by atoms with E-state index in [-0.39, 0.29) is 5.91 Å². The summed E-state index contributed by atoms with van der Waals surface area (Å²) < 4.78 is 18.0. The van der Waals surface area contributed by atoms with Gasteiger partial charge in [0.2, 0.25) is 5.75 Å². The summed E-state index contributed by atoms with van der Waals surface area (Å²) in [5.41, 5.74) is 9.09. The zero-order chi connectivity index (χ0) is 23.4. The standard InChI is InChI=1S/C24H27N5O4/c1-31-18-12-15(13-19(32-2)22(18)33-3)24(30)26-10-6-7-11-29-14-27-20-21(29)16-8-4-5-9-17(16)28-23(20)25/h4-5,8-9,12-14H,6-7,10-11H2,1-3H3,(H2,25,28)(H,26,30). The third-order valence-corrected chi connectivity index (χ3v) is 5.52.